The van der Waals surface area contributed by atoms with Crippen LogP contribution in [0.4, 0.5) is 0 Å². The van der Waals surface area contributed by atoms with Crippen LogP contribution in [-0.4, -0.2) is 9.97 Å². The summed E-state index contributed by atoms with van der Waals surface area (Å²) in [6, 6.07) is 23.9. The van der Waals surface area contributed by atoms with Gasteiger partial charge in [-0.1, -0.05) is 72.3 Å². The van der Waals surface area contributed by atoms with Crippen molar-refractivity contribution in [3.05, 3.63) is 83.1 Å². The highest BCUT2D eigenvalue weighted by Gasteiger charge is 2.18. The Kier molecular flexibility index (Phi) is 3.85. The molecule has 0 radical (unpaired) electrons. The molecule has 0 saturated heterocycles. The molecule has 3 nitrogen and oxygen atoms in total. The van der Waals surface area contributed by atoms with Crippen molar-refractivity contribution >= 4 is 45.3 Å². The Morgan fingerprint density at radius 1 is 0.667 bits per heavy atom. The molecule has 5 heteroatoms. The van der Waals surface area contributed by atoms with Crippen LogP contribution in [0.2, 0.25) is 10.3 Å². The average Bonchev–Trinajstić information content (AvgIpc) is 3.08. The SMILES string of the molecule is Clc1nc(-c2ccc(-c3ccccc3)cc2)c2oc3cccc(Cl)c3c2n1. The molecule has 2 aromatic heterocycles. The van der Waals surface area contributed by atoms with Gasteiger partial charge in [0.25, 0.3) is 0 Å². The van der Waals surface area contributed by atoms with E-state index in [1.807, 2.05) is 48.5 Å². The van der Waals surface area contributed by atoms with Gasteiger partial charge in [0.1, 0.15) is 16.8 Å². The van der Waals surface area contributed by atoms with Gasteiger partial charge < -0.3 is 4.42 Å². The summed E-state index contributed by atoms with van der Waals surface area (Å²) in [5.41, 5.74) is 5.70. The van der Waals surface area contributed by atoms with Crippen LogP contribution in [0.25, 0.3) is 44.5 Å². The Labute approximate surface area is 165 Å². The van der Waals surface area contributed by atoms with Gasteiger partial charge in [-0.25, -0.2) is 9.97 Å². The fourth-order valence-corrected chi connectivity index (χ4v) is 3.69. The first-order valence-electron chi connectivity index (χ1n) is 8.41. The minimum atomic E-state index is 0.159. The van der Waals surface area contributed by atoms with E-state index in [4.69, 9.17) is 27.6 Å². The summed E-state index contributed by atoms with van der Waals surface area (Å²) in [6.07, 6.45) is 0. The van der Waals surface area contributed by atoms with Crippen LogP contribution in [-0.2, 0) is 0 Å². The summed E-state index contributed by atoms with van der Waals surface area (Å²) in [5, 5.41) is 1.49. The molecule has 5 aromatic rings. The molecule has 27 heavy (non-hydrogen) atoms. The van der Waals surface area contributed by atoms with Crippen molar-refractivity contribution in [2.45, 2.75) is 0 Å². The molecule has 0 bridgehead atoms. The smallest absolute Gasteiger partial charge is 0.223 e. The normalized spacial score (nSPS) is 11.3. The van der Waals surface area contributed by atoms with Crippen molar-refractivity contribution < 1.29 is 4.42 Å². The fourth-order valence-electron chi connectivity index (χ4n) is 3.27. The molecule has 0 N–H and O–H groups in total. The summed E-state index contributed by atoms with van der Waals surface area (Å²) in [7, 11) is 0. The Morgan fingerprint density at radius 3 is 2.15 bits per heavy atom. The van der Waals surface area contributed by atoms with Crippen molar-refractivity contribution in [3.63, 3.8) is 0 Å². The summed E-state index contributed by atoms with van der Waals surface area (Å²) < 4.78 is 6.02. The summed E-state index contributed by atoms with van der Waals surface area (Å²) in [4.78, 5) is 8.77. The second-order valence-electron chi connectivity index (χ2n) is 6.18. The van der Waals surface area contributed by atoms with Gasteiger partial charge in [0.15, 0.2) is 5.58 Å². The van der Waals surface area contributed by atoms with Crippen LogP contribution >= 0.6 is 23.2 Å². The van der Waals surface area contributed by atoms with E-state index in [1.165, 1.54) is 0 Å². The van der Waals surface area contributed by atoms with E-state index in [0.29, 0.717) is 27.4 Å². The monoisotopic (exact) mass is 390 g/mol. The van der Waals surface area contributed by atoms with E-state index in [0.717, 1.165) is 22.1 Å². The predicted molar refractivity (Wildman–Crippen MR) is 110 cm³/mol. The quantitative estimate of drug-likeness (QED) is 0.304. The predicted octanol–water partition coefficient (Wildman–Crippen LogP) is 7.02. The Bertz CT molecular complexity index is 1280. The molecule has 0 aliphatic rings. The highest BCUT2D eigenvalue weighted by atomic mass is 35.5. The molecule has 130 valence electrons. The molecule has 0 amide bonds. The number of aromatic nitrogens is 2. The van der Waals surface area contributed by atoms with E-state index in [9.17, 15) is 0 Å². The van der Waals surface area contributed by atoms with Gasteiger partial charge in [-0.05, 0) is 34.9 Å². The molecule has 0 fully saturated rings. The van der Waals surface area contributed by atoms with Gasteiger partial charge in [0.05, 0.1) is 10.4 Å². The van der Waals surface area contributed by atoms with Crippen molar-refractivity contribution in [1.29, 1.82) is 0 Å². The lowest BCUT2D eigenvalue weighted by Crippen LogP contribution is -1.89. The molecule has 5 rings (SSSR count). The number of hydrogen-bond acceptors (Lipinski definition) is 3. The minimum Gasteiger partial charge on any atom is -0.452 e. The Balaban J connectivity index is 1.71. The maximum atomic E-state index is 6.35. The molecule has 0 spiro atoms. The van der Waals surface area contributed by atoms with Crippen LogP contribution in [0.5, 0.6) is 0 Å². The third-order valence-electron chi connectivity index (χ3n) is 4.53. The van der Waals surface area contributed by atoms with Gasteiger partial charge in [-0.3, -0.25) is 0 Å². The number of benzene rings is 3. The van der Waals surface area contributed by atoms with Gasteiger partial charge >= 0.3 is 0 Å². The summed E-state index contributed by atoms with van der Waals surface area (Å²) in [5.74, 6) is 0. The molecule has 2 heterocycles. The van der Waals surface area contributed by atoms with Gasteiger partial charge in [-0.15, -0.1) is 0 Å². The second-order valence-corrected chi connectivity index (χ2v) is 6.92. The third-order valence-corrected chi connectivity index (χ3v) is 5.01. The third kappa shape index (κ3) is 2.76. The van der Waals surface area contributed by atoms with E-state index >= 15 is 0 Å². The molecule has 0 atom stereocenters. The van der Waals surface area contributed by atoms with Crippen LogP contribution in [0, 0.1) is 0 Å². The van der Waals surface area contributed by atoms with Gasteiger partial charge in [0.2, 0.25) is 5.28 Å². The zero-order chi connectivity index (χ0) is 18.4. The van der Waals surface area contributed by atoms with Gasteiger partial charge in [-0.2, -0.15) is 0 Å². The second kappa shape index (κ2) is 6.38. The molecule has 0 aliphatic carbocycles. The topological polar surface area (TPSA) is 38.9 Å². The number of rotatable bonds is 2. The van der Waals surface area contributed by atoms with Crippen molar-refractivity contribution in [3.8, 4) is 22.4 Å². The lowest BCUT2D eigenvalue weighted by Gasteiger charge is -2.05. The van der Waals surface area contributed by atoms with E-state index < -0.39 is 0 Å². The number of furan rings is 1. The van der Waals surface area contributed by atoms with Crippen LogP contribution < -0.4 is 0 Å². The number of fused-ring (bicyclic) bond motifs is 3. The lowest BCUT2D eigenvalue weighted by molar-refractivity contribution is 0.667. The van der Waals surface area contributed by atoms with Gasteiger partial charge in [0, 0.05) is 5.56 Å². The largest absolute Gasteiger partial charge is 0.452 e. The van der Waals surface area contributed by atoms with Crippen LogP contribution in [0.1, 0.15) is 0 Å². The highest BCUT2D eigenvalue weighted by Crippen LogP contribution is 2.37. The van der Waals surface area contributed by atoms with E-state index in [-0.39, 0.29) is 5.28 Å². The van der Waals surface area contributed by atoms with Crippen molar-refractivity contribution in [1.82, 2.24) is 9.97 Å². The molecule has 0 unspecified atom stereocenters. The number of halogens is 2. The first-order valence-corrected chi connectivity index (χ1v) is 9.16. The van der Waals surface area contributed by atoms with Crippen molar-refractivity contribution in [2.75, 3.05) is 0 Å². The molecule has 0 aliphatic heterocycles. The van der Waals surface area contributed by atoms with E-state index in [1.54, 1.807) is 0 Å². The zero-order valence-corrected chi connectivity index (χ0v) is 15.5. The van der Waals surface area contributed by atoms with E-state index in [2.05, 4.69) is 34.2 Å². The number of hydrogen-bond donors (Lipinski definition) is 0. The summed E-state index contributed by atoms with van der Waals surface area (Å²) in [6.45, 7) is 0. The highest BCUT2D eigenvalue weighted by molar-refractivity contribution is 6.37. The molecular weight excluding hydrogens is 379 g/mol. The minimum absolute atomic E-state index is 0.159. The van der Waals surface area contributed by atoms with Crippen molar-refractivity contribution in [2.24, 2.45) is 0 Å². The average molecular weight is 391 g/mol. The molecule has 0 saturated carbocycles. The molecule has 3 aromatic carbocycles. The summed E-state index contributed by atoms with van der Waals surface area (Å²) >= 11 is 12.6. The lowest BCUT2D eigenvalue weighted by atomic mass is 10.0. The fraction of sp³-hybridized carbons (Fsp3) is 0. The zero-order valence-electron chi connectivity index (χ0n) is 14.0. The first-order chi connectivity index (χ1) is 13.2. The number of nitrogens with zero attached hydrogens (tertiary/aromatic N) is 2. The standard InChI is InChI=1S/C22H12Cl2N2O/c23-16-7-4-8-17-18(16)20-21(27-17)19(25-22(24)26-20)15-11-9-14(10-12-15)13-5-2-1-3-6-13/h1-12H. The molecular formula is C22H12Cl2N2O. The Morgan fingerprint density at radius 2 is 1.37 bits per heavy atom. The maximum Gasteiger partial charge on any atom is 0.223 e. The van der Waals surface area contributed by atoms with Crippen LogP contribution in [0.3, 0.4) is 0 Å². The first kappa shape index (κ1) is 16.3. The maximum absolute atomic E-state index is 6.35. The Hall–Kier alpha value is -2.88. The van der Waals surface area contributed by atoms with Crippen LogP contribution in [0.15, 0.2) is 77.2 Å².